The number of rotatable bonds is 6. The second-order valence-corrected chi connectivity index (χ2v) is 7.33. The number of carbonyl (C=O) groups excluding carboxylic acids is 1. The van der Waals surface area contributed by atoms with Gasteiger partial charge in [0.25, 0.3) is 0 Å². The molecule has 124 valence electrons. The number of aryl methyl sites for hydroxylation is 1. The van der Waals surface area contributed by atoms with Crippen LogP contribution in [0.4, 0.5) is 5.69 Å². The maximum Gasteiger partial charge on any atom is 0.241 e. The molecule has 3 N–H and O–H groups in total. The fourth-order valence-electron chi connectivity index (χ4n) is 2.11. The van der Waals surface area contributed by atoms with Gasteiger partial charge in [-0.25, -0.2) is 13.1 Å². The molecule has 0 aromatic heterocycles. The maximum absolute atomic E-state index is 12.3. The number of hydrogen-bond donors (Lipinski definition) is 3. The molecule has 0 fully saturated rings. The van der Waals surface area contributed by atoms with Crippen LogP contribution in [0, 0.1) is 0 Å². The summed E-state index contributed by atoms with van der Waals surface area (Å²) >= 11 is 3.30. The molecular formula is C13H19BrClN3O3S. The Labute approximate surface area is 145 Å². The second-order valence-electron chi connectivity index (χ2n) is 4.74. The lowest BCUT2D eigenvalue weighted by atomic mass is 10.0. The van der Waals surface area contributed by atoms with E-state index in [2.05, 4.69) is 31.3 Å². The molecule has 1 aliphatic rings. The summed E-state index contributed by atoms with van der Waals surface area (Å²) in [5.41, 5.74) is 1.51. The van der Waals surface area contributed by atoms with Crippen LogP contribution in [0.5, 0.6) is 0 Å². The van der Waals surface area contributed by atoms with Crippen molar-refractivity contribution in [2.75, 3.05) is 25.0 Å². The number of likely N-dealkylation sites (N-methyl/N-ethyl adjacent to an activating group) is 1. The van der Waals surface area contributed by atoms with Crippen LogP contribution in [0.15, 0.2) is 21.5 Å². The molecule has 6 nitrogen and oxygen atoms in total. The summed E-state index contributed by atoms with van der Waals surface area (Å²) in [6.45, 7) is 3.62. The molecule has 0 bridgehead atoms. The minimum Gasteiger partial charge on any atom is -0.326 e. The van der Waals surface area contributed by atoms with Gasteiger partial charge in [0.2, 0.25) is 15.9 Å². The highest BCUT2D eigenvalue weighted by molar-refractivity contribution is 9.10. The van der Waals surface area contributed by atoms with Gasteiger partial charge in [-0.3, -0.25) is 4.79 Å². The van der Waals surface area contributed by atoms with Crippen LogP contribution in [-0.4, -0.2) is 34.0 Å². The highest BCUT2D eigenvalue weighted by atomic mass is 79.9. The number of benzene rings is 1. The molecule has 1 heterocycles. The van der Waals surface area contributed by atoms with Gasteiger partial charge in [0.1, 0.15) is 0 Å². The van der Waals surface area contributed by atoms with Crippen molar-refractivity contribution in [3.8, 4) is 0 Å². The standard InChI is InChI=1S/C13H18BrN3O3S.ClH/c1-2-15-5-6-16-21(19,20)12-8-11-9(7-10(12)14)3-4-13(18)17-11;/h7-8,15-16H,2-6H2,1H3,(H,17,18);1H. The Morgan fingerprint density at radius 3 is 2.68 bits per heavy atom. The Morgan fingerprint density at radius 2 is 2.00 bits per heavy atom. The maximum atomic E-state index is 12.3. The van der Waals surface area contributed by atoms with Crippen LogP contribution >= 0.6 is 28.3 Å². The quantitative estimate of drug-likeness (QED) is 0.620. The third-order valence-electron chi connectivity index (χ3n) is 3.19. The topological polar surface area (TPSA) is 87.3 Å². The van der Waals surface area contributed by atoms with E-state index in [1.54, 1.807) is 6.07 Å². The molecule has 0 atom stereocenters. The van der Waals surface area contributed by atoms with Gasteiger partial charge in [-0.15, -0.1) is 12.4 Å². The summed E-state index contributed by atoms with van der Waals surface area (Å²) in [4.78, 5) is 11.6. The van der Waals surface area contributed by atoms with Crippen molar-refractivity contribution in [1.29, 1.82) is 0 Å². The molecule has 0 saturated carbocycles. The molecule has 1 amide bonds. The van der Waals surface area contributed by atoms with Crippen molar-refractivity contribution in [1.82, 2.24) is 10.0 Å². The summed E-state index contributed by atoms with van der Waals surface area (Å²) in [6, 6.07) is 3.26. The summed E-state index contributed by atoms with van der Waals surface area (Å²) < 4.78 is 27.6. The fraction of sp³-hybridized carbons (Fsp3) is 0.462. The van der Waals surface area contributed by atoms with E-state index in [4.69, 9.17) is 0 Å². The molecule has 1 aromatic rings. The average molecular weight is 413 g/mol. The van der Waals surface area contributed by atoms with Crippen molar-refractivity contribution in [2.24, 2.45) is 0 Å². The van der Waals surface area contributed by atoms with Crippen LogP contribution in [-0.2, 0) is 21.2 Å². The molecule has 0 aliphatic carbocycles. The van der Waals surface area contributed by atoms with Gasteiger partial charge in [-0.05, 0) is 46.6 Å². The number of amides is 1. The number of nitrogens with one attached hydrogen (secondary N) is 3. The number of sulfonamides is 1. The number of halogens is 2. The Kier molecular flexibility index (Phi) is 7.27. The van der Waals surface area contributed by atoms with Crippen molar-refractivity contribution >= 4 is 50.0 Å². The molecule has 0 radical (unpaired) electrons. The zero-order valence-electron chi connectivity index (χ0n) is 12.1. The van der Waals surface area contributed by atoms with Crippen molar-refractivity contribution in [3.63, 3.8) is 0 Å². The summed E-state index contributed by atoms with van der Waals surface area (Å²) in [5.74, 6) is -0.0896. The predicted molar refractivity (Wildman–Crippen MR) is 92.1 cm³/mol. The van der Waals surface area contributed by atoms with E-state index in [0.29, 0.717) is 36.1 Å². The first-order valence-corrected chi connectivity index (χ1v) is 9.04. The molecule has 22 heavy (non-hydrogen) atoms. The lowest BCUT2D eigenvalue weighted by Crippen LogP contribution is -2.32. The van der Waals surface area contributed by atoms with Crippen LogP contribution < -0.4 is 15.4 Å². The lowest BCUT2D eigenvalue weighted by Gasteiger charge is -2.19. The first kappa shape index (κ1) is 19.4. The van der Waals surface area contributed by atoms with E-state index in [1.165, 1.54) is 6.07 Å². The van der Waals surface area contributed by atoms with Gasteiger partial charge in [-0.2, -0.15) is 0 Å². The van der Waals surface area contributed by atoms with Gasteiger partial charge in [0.15, 0.2) is 0 Å². The van der Waals surface area contributed by atoms with Gasteiger partial charge in [0.05, 0.1) is 4.90 Å². The van der Waals surface area contributed by atoms with Gasteiger partial charge < -0.3 is 10.6 Å². The van der Waals surface area contributed by atoms with E-state index < -0.39 is 10.0 Å². The minimum atomic E-state index is -3.61. The van der Waals surface area contributed by atoms with Crippen LogP contribution in [0.1, 0.15) is 18.9 Å². The molecule has 9 heteroatoms. The van der Waals surface area contributed by atoms with E-state index in [0.717, 1.165) is 12.1 Å². The van der Waals surface area contributed by atoms with Crippen LogP contribution in [0.2, 0.25) is 0 Å². The van der Waals surface area contributed by atoms with Crippen LogP contribution in [0.25, 0.3) is 0 Å². The normalized spacial score (nSPS) is 14.0. The Bertz CT molecular complexity index is 652. The molecule has 1 aliphatic heterocycles. The molecule has 1 aromatic carbocycles. The highest BCUT2D eigenvalue weighted by Crippen LogP contribution is 2.31. The smallest absolute Gasteiger partial charge is 0.241 e. The van der Waals surface area contributed by atoms with E-state index in [1.807, 2.05) is 6.92 Å². The highest BCUT2D eigenvalue weighted by Gasteiger charge is 2.22. The second kappa shape index (κ2) is 8.26. The summed E-state index contributed by atoms with van der Waals surface area (Å²) in [7, 11) is -3.61. The molecule has 2 rings (SSSR count). The van der Waals surface area contributed by atoms with E-state index in [9.17, 15) is 13.2 Å². The Morgan fingerprint density at radius 1 is 1.27 bits per heavy atom. The molecular weight excluding hydrogens is 394 g/mol. The number of hydrogen-bond acceptors (Lipinski definition) is 4. The first-order valence-electron chi connectivity index (χ1n) is 6.76. The number of fused-ring (bicyclic) bond motifs is 1. The Hall–Kier alpha value is -0.670. The number of anilines is 1. The molecule has 0 saturated heterocycles. The number of carbonyl (C=O) groups is 1. The monoisotopic (exact) mass is 411 g/mol. The fourth-order valence-corrected chi connectivity index (χ4v) is 4.26. The minimum absolute atomic E-state index is 0. The lowest BCUT2D eigenvalue weighted by molar-refractivity contribution is -0.116. The zero-order chi connectivity index (χ0) is 15.5. The van der Waals surface area contributed by atoms with Crippen molar-refractivity contribution in [2.45, 2.75) is 24.7 Å². The summed E-state index contributed by atoms with van der Waals surface area (Å²) in [5, 5.41) is 5.76. The SMILES string of the molecule is CCNCCNS(=O)(=O)c1cc2c(cc1Br)CCC(=O)N2.Cl. The third-order valence-corrected chi connectivity index (χ3v) is 5.61. The van der Waals surface area contributed by atoms with E-state index in [-0.39, 0.29) is 23.2 Å². The summed E-state index contributed by atoms with van der Waals surface area (Å²) in [6.07, 6.45) is 1.04. The first-order chi connectivity index (χ1) is 9.94. The van der Waals surface area contributed by atoms with Crippen LogP contribution in [0.3, 0.4) is 0 Å². The third kappa shape index (κ3) is 4.66. The van der Waals surface area contributed by atoms with Gasteiger partial charge in [0, 0.05) is 29.7 Å². The van der Waals surface area contributed by atoms with Gasteiger partial charge >= 0.3 is 0 Å². The Balaban J connectivity index is 0.00000242. The van der Waals surface area contributed by atoms with Crippen molar-refractivity contribution < 1.29 is 13.2 Å². The average Bonchev–Trinajstić information content (AvgIpc) is 2.43. The largest absolute Gasteiger partial charge is 0.326 e. The van der Waals surface area contributed by atoms with Gasteiger partial charge in [-0.1, -0.05) is 6.92 Å². The predicted octanol–water partition coefficient (Wildman–Crippen LogP) is 1.64. The zero-order valence-corrected chi connectivity index (χ0v) is 15.3. The van der Waals surface area contributed by atoms with Crippen molar-refractivity contribution in [3.05, 3.63) is 22.2 Å². The molecule has 0 unspecified atom stereocenters. The molecule has 0 spiro atoms. The van der Waals surface area contributed by atoms with E-state index >= 15 is 0 Å².